The molecule has 2 rings (SSSR count). The van der Waals surface area contributed by atoms with Gasteiger partial charge in [0.1, 0.15) is 0 Å². The molecule has 4 atom stereocenters. The van der Waals surface area contributed by atoms with E-state index >= 15 is 0 Å². The summed E-state index contributed by atoms with van der Waals surface area (Å²) in [6.45, 7) is 5.58. The van der Waals surface area contributed by atoms with Crippen LogP contribution in [0.3, 0.4) is 0 Å². The third-order valence-electron chi connectivity index (χ3n) is 2.99. The van der Waals surface area contributed by atoms with Gasteiger partial charge in [-0.3, -0.25) is 0 Å². The van der Waals surface area contributed by atoms with Crippen LogP contribution in [0.25, 0.3) is 0 Å². The Hall–Kier alpha value is -0.400. The van der Waals surface area contributed by atoms with Gasteiger partial charge in [-0.25, -0.2) is 0 Å². The Kier molecular flexibility index (Phi) is 0.930. The number of hydrogen-bond donors (Lipinski definition) is 0. The van der Waals surface area contributed by atoms with E-state index in [1.54, 1.807) is 0 Å². The van der Waals surface area contributed by atoms with E-state index in [1.165, 1.54) is 0 Å². The third-order valence-corrected chi connectivity index (χ3v) is 2.99. The number of azo groups is 1. The highest BCUT2D eigenvalue weighted by atomic mass is 15.2. The minimum absolute atomic E-state index is 0.597. The van der Waals surface area contributed by atoms with E-state index in [0.29, 0.717) is 6.04 Å². The van der Waals surface area contributed by atoms with Crippen LogP contribution in [0.4, 0.5) is 0 Å². The number of nitrogens with zero attached hydrogens (tertiary/aromatic N) is 2. The molecule has 0 aromatic heterocycles. The summed E-state index contributed by atoms with van der Waals surface area (Å²) in [7, 11) is 0. The maximum atomic E-state index is 4.16. The van der Waals surface area contributed by atoms with Gasteiger partial charge < -0.3 is 0 Å². The van der Waals surface area contributed by atoms with E-state index in [2.05, 4.69) is 24.1 Å². The fourth-order valence-electron chi connectivity index (χ4n) is 1.96. The fraction of sp³-hybridized carbons (Fsp3) is 1.00. The summed E-state index contributed by atoms with van der Waals surface area (Å²) in [5.41, 5.74) is 0. The van der Waals surface area contributed by atoms with Crippen molar-refractivity contribution in [2.24, 2.45) is 28.0 Å². The Morgan fingerprint density at radius 3 is 2.67 bits per heavy atom. The zero-order valence-electron chi connectivity index (χ0n) is 5.91. The molecule has 2 aliphatic rings. The Balaban J connectivity index is 2.12. The molecule has 1 fully saturated rings. The standard InChI is InChI=1S/C7H12N2/c1-4-5(2)7-6(4)3-8-9-7/h4-7H,3H2,1-2H3/t4-,5+,6+,7-/m0/s1. The summed E-state index contributed by atoms with van der Waals surface area (Å²) < 4.78 is 0. The van der Waals surface area contributed by atoms with Crippen LogP contribution in [0.15, 0.2) is 10.2 Å². The summed E-state index contributed by atoms with van der Waals surface area (Å²) in [6.07, 6.45) is 0. The van der Waals surface area contributed by atoms with Crippen molar-refractivity contribution in [3.05, 3.63) is 0 Å². The Morgan fingerprint density at radius 1 is 1.22 bits per heavy atom. The topological polar surface area (TPSA) is 24.7 Å². The van der Waals surface area contributed by atoms with Crippen LogP contribution < -0.4 is 0 Å². The lowest BCUT2D eigenvalue weighted by Crippen LogP contribution is -2.45. The van der Waals surface area contributed by atoms with E-state index in [1.807, 2.05) is 0 Å². The van der Waals surface area contributed by atoms with E-state index in [0.717, 1.165) is 24.3 Å². The highest BCUT2D eigenvalue weighted by molar-refractivity contribution is 5.00. The third kappa shape index (κ3) is 0.511. The first kappa shape index (κ1) is 5.39. The molecule has 0 aromatic rings. The van der Waals surface area contributed by atoms with Crippen LogP contribution in [0.2, 0.25) is 0 Å². The van der Waals surface area contributed by atoms with Gasteiger partial charge in [0.2, 0.25) is 0 Å². The van der Waals surface area contributed by atoms with Crippen molar-refractivity contribution in [3.8, 4) is 0 Å². The van der Waals surface area contributed by atoms with Crippen LogP contribution in [0.5, 0.6) is 0 Å². The fourth-order valence-corrected chi connectivity index (χ4v) is 1.96. The molecule has 0 unspecified atom stereocenters. The summed E-state index contributed by atoms with van der Waals surface area (Å²) in [5.74, 6) is 2.46. The van der Waals surface area contributed by atoms with E-state index in [9.17, 15) is 0 Å². The first-order chi connectivity index (χ1) is 4.30. The van der Waals surface area contributed by atoms with Crippen LogP contribution in [-0.4, -0.2) is 12.6 Å². The van der Waals surface area contributed by atoms with Crippen LogP contribution in [-0.2, 0) is 0 Å². The van der Waals surface area contributed by atoms with Crippen LogP contribution in [0, 0.1) is 17.8 Å². The van der Waals surface area contributed by atoms with Crippen molar-refractivity contribution >= 4 is 0 Å². The zero-order valence-corrected chi connectivity index (χ0v) is 5.91. The van der Waals surface area contributed by atoms with Crippen molar-refractivity contribution in [2.45, 2.75) is 19.9 Å². The number of rotatable bonds is 0. The molecular weight excluding hydrogens is 112 g/mol. The SMILES string of the molecule is C[C@@H]1[C@H](C)[C@H]2CN=N[C@@H]12. The second-order valence-electron chi connectivity index (χ2n) is 3.31. The molecule has 1 heterocycles. The number of hydrogen-bond acceptors (Lipinski definition) is 2. The second kappa shape index (κ2) is 1.55. The predicted octanol–water partition coefficient (Wildman–Crippen LogP) is 1.72. The van der Waals surface area contributed by atoms with Gasteiger partial charge in [-0.05, 0) is 11.8 Å². The molecule has 50 valence electrons. The van der Waals surface area contributed by atoms with Gasteiger partial charge >= 0.3 is 0 Å². The van der Waals surface area contributed by atoms with Crippen molar-refractivity contribution in [2.75, 3.05) is 6.54 Å². The molecule has 9 heavy (non-hydrogen) atoms. The van der Waals surface area contributed by atoms with E-state index < -0.39 is 0 Å². The summed E-state index contributed by atoms with van der Waals surface area (Å²) >= 11 is 0. The molecular formula is C7H12N2. The summed E-state index contributed by atoms with van der Waals surface area (Å²) in [4.78, 5) is 0. The lowest BCUT2D eigenvalue weighted by Gasteiger charge is -2.42. The zero-order chi connectivity index (χ0) is 6.43. The molecule has 0 aromatic carbocycles. The average molecular weight is 124 g/mol. The normalized spacial score (nSPS) is 54.9. The molecule has 0 bridgehead atoms. The molecule has 0 amide bonds. The molecule has 1 aliphatic carbocycles. The Bertz CT molecular complexity index is 153. The second-order valence-corrected chi connectivity index (χ2v) is 3.31. The van der Waals surface area contributed by atoms with E-state index in [4.69, 9.17) is 0 Å². The summed E-state index contributed by atoms with van der Waals surface area (Å²) in [5, 5.41) is 8.19. The average Bonchev–Trinajstić information content (AvgIpc) is 2.30. The predicted molar refractivity (Wildman–Crippen MR) is 35.3 cm³/mol. The van der Waals surface area contributed by atoms with Crippen LogP contribution in [0.1, 0.15) is 13.8 Å². The Labute approximate surface area is 55.4 Å². The van der Waals surface area contributed by atoms with Gasteiger partial charge in [-0.1, -0.05) is 13.8 Å². The molecule has 2 nitrogen and oxygen atoms in total. The van der Waals surface area contributed by atoms with Gasteiger partial charge in [0.25, 0.3) is 0 Å². The summed E-state index contributed by atoms with van der Waals surface area (Å²) in [6, 6.07) is 0.597. The van der Waals surface area contributed by atoms with Gasteiger partial charge in [0.05, 0.1) is 12.6 Å². The van der Waals surface area contributed by atoms with Crippen LogP contribution >= 0.6 is 0 Å². The van der Waals surface area contributed by atoms with E-state index in [-0.39, 0.29) is 0 Å². The lowest BCUT2D eigenvalue weighted by molar-refractivity contribution is 0.0933. The first-order valence-electron chi connectivity index (χ1n) is 3.67. The smallest absolute Gasteiger partial charge is 0.0785 e. The molecule has 2 heteroatoms. The number of fused-ring (bicyclic) bond motifs is 1. The molecule has 0 saturated heterocycles. The van der Waals surface area contributed by atoms with Gasteiger partial charge in [0.15, 0.2) is 0 Å². The maximum absolute atomic E-state index is 4.16. The highest BCUT2D eigenvalue weighted by Gasteiger charge is 2.47. The quantitative estimate of drug-likeness (QED) is 0.469. The minimum atomic E-state index is 0.597. The monoisotopic (exact) mass is 124 g/mol. The largest absolute Gasteiger partial charge is 0.194 e. The molecule has 1 saturated carbocycles. The van der Waals surface area contributed by atoms with Crippen molar-refractivity contribution < 1.29 is 0 Å². The first-order valence-corrected chi connectivity index (χ1v) is 3.67. The van der Waals surface area contributed by atoms with Gasteiger partial charge in [0, 0.05) is 5.92 Å². The minimum Gasteiger partial charge on any atom is -0.194 e. The lowest BCUT2D eigenvalue weighted by atomic mass is 9.63. The molecule has 0 spiro atoms. The van der Waals surface area contributed by atoms with Crippen molar-refractivity contribution in [3.63, 3.8) is 0 Å². The Morgan fingerprint density at radius 2 is 2.00 bits per heavy atom. The van der Waals surface area contributed by atoms with Crippen molar-refractivity contribution in [1.82, 2.24) is 0 Å². The molecule has 0 N–H and O–H groups in total. The maximum Gasteiger partial charge on any atom is 0.0785 e. The molecule has 0 radical (unpaired) electrons. The van der Waals surface area contributed by atoms with Gasteiger partial charge in [-0.2, -0.15) is 10.2 Å². The van der Waals surface area contributed by atoms with Crippen molar-refractivity contribution in [1.29, 1.82) is 0 Å². The molecule has 1 aliphatic heterocycles. The highest BCUT2D eigenvalue weighted by Crippen LogP contribution is 2.45. The van der Waals surface area contributed by atoms with Gasteiger partial charge in [-0.15, -0.1) is 0 Å².